The van der Waals surface area contributed by atoms with E-state index >= 15 is 0 Å². The van der Waals surface area contributed by atoms with Gasteiger partial charge in [-0.15, -0.1) is 0 Å². The first-order valence-corrected chi connectivity index (χ1v) is 9.84. The number of carbonyl (C=O) groups is 1. The van der Waals surface area contributed by atoms with E-state index in [1.165, 1.54) is 15.6 Å². The molecule has 126 valence electrons. The van der Waals surface area contributed by atoms with Crippen molar-refractivity contribution >= 4 is 42.6 Å². The lowest BCUT2D eigenvalue weighted by Crippen LogP contribution is -2.35. The van der Waals surface area contributed by atoms with Crippen LogP contribution in [0.3, 0.4) is 0 Å². The van der Waals surface area contributed by atoms with Gasteiger partial charge in [-0.1, -0.05) is 17.8 Å². The summed E-state index contributed by atoms with van der Waals surface area (Å²) < 4.78 is 27.6. The van der Waals surface area contributed by atoms with Crippen LogP contribution in [0.1, 0.15) is 25.7 Å². The number of carbonyl (C=O) groups excluding carboxylic acids is 1. The normalized spacial score (nSPS) is 16.0. The smallest absolute Gasteiger partial charge is 0.243 e. The van der Waals surface area contributed by atoms with Gasteiger partial charge in [-0.05, 0) is 31.0 Å². The lowest BCUT2D eigenvalue weighted by Gasteiger charge is -2.25. The SMILES string of the molecule is N#CCC(=O)Nc1nc2ccc(S(=O)(=O)N3CCCCC3)cc2s1. The predicted molar refractivity (Wildman–Crippen MR) is 91.1 cm³/mol. The molecule has 0 atom stereocenters. The van der Waals surface area contributed by atoms with E-state index in [9.17, 15) is 13.2 Å². The maximum Gasteiger partial charge on any atom is 0.243 e. The van der Waals surface area contributed by atoms with Gasteiger partial charge in [0, 0.05) is 13.1 Å². The van der Waals surface area contributed by atoms with Crippen molar-refractivity contribution < 1.29 is 13.2 Å². The number of aromatic nitrogens is 1. The summed E-state index contributed by atoms with van der Waals surface area (Å²) in [5.41, 5.74) is 0.616. The molecular weight excluding hydrogens is 348 g/mol. The fraction of sp³-hybridized carbons (Fsp3) is 0.400. The summed E-state index contributed by atoms with van der Waals surface area (Å²) in [4.78, 5) is 15.9. The molecule has 3 rings (SSSR count). The zero-order valence-corrected chi connectivity index (χ0v) is 14.5. The highest BCUT2D eigenvalue weighted by molar-refractivity contribution is 7.89. The molecule has 1 aromatic carbocycles. The number of anilines is 1. The Morgan fingerprint density at radius 3 is 2.79 bits per heavy atom. The molecule has 0 bridgehead atoms. The highest BCUT2D eigenvalue weighted by atomic mass is 32.2. The van der Waals surface area contributed by atoms with E-state index in [0.717, 1.165) is 19.3 Å². The van der Waals surface area contributed by atoms with Crippen LogP contribution >= 0.6 is 11.3 Å². The van der Waals surface area contributed by atoms with Crippen LogP contribution in [0.25, 0.3) is 10.2 Å². The molecule has 24 heavy (non-hydrogen) atoms. The van der Waals surface area contributed by atoms with Gasteiger partial charge in [0.05, 0.1) is 21.2 Å². The van der Waals surface area contributed by atoms with Gasteiger partial charge in [-0.2, -0.15) is 9.57 Å². The van der Waals surface area contributed by atoms with Gasteiger partial charge < -0.3 is 5.32 Å². The maximum absolute atomic E-state index is 12.7. The van der Waals surface area contributed by atoms with Crippen molar-refractivity contribution in [3.63, 3.8) is 0 Å². The zero-order chi connectivity index (χ0) is 17.2. The Kier molecular flexibility index (Phi) is 4.80. The minimum absolute atomic E-state index is 0.246. The Hall–Kier alpha value is -2.02. The molecule has 1 aromatic heterocycles. The average molecular weight is 364 g/mol. The summed E-state index contributed by atoms with van der Waals surface area (Å²) in [6.45, 7) is 1.11. The van der Waals surface area contributed by atoms with Gasteiger partial charge in [0.2, 0.25) is 15.9 Å². The number of nitrogens with one attached hydrogen (secondary N) is 1. The van der Waals surface area contributed by atoms with Gasteiger partial charge in [0.15, 0.2) is 5.13 Å². The number of benzene rings is 1. The van der Waals surface area contributed by atoms with Crippen LogP contribution in [0.4, 0.5) is 5.13 Å². The van der Waals surface area contributed by atoms with Crippen LogP contribution in [0.5, 0.6) is 0 Å². The highest BCUT2D eigenvalue weighted by Crippen LogP contribution is 2.30. The molecule has 0 spiro atoms. The minimum Gasteiger partial charge on any atom is -0.301 e. The molecule has 2 aromatic rings. The van der Waals surface area contributed by atoms with Crippen molar-refractivity contribution in [1.82, 2.24) is 9.29 Å². The third-order valence-electron chi connectivity index (χ3n) is 3.80. The standard InChI is InChI=1S/C15H16N4O3S2/c16-7-6-14(20)18-15-17-12-5-4-11(10-13(12)23-15)24(21,22)19-8-2-1-3-9-19/h4-5,10H,1-3,6,8-9H2,(H,17,18,20). The number of hydrogen-bond acceptors (Lipinski definition) is 6. The van der Waals surface area contributed by atoms with E-state index < -0.39 is 15.9 Å². The Labute approximate surface area is 144 Å². The Balaban J connectivity index is 1.88. The van der Waals surface area contributed by atoms with Crippen LogP contribution in [-0.2, 0) is 14.8 Å². The van der Waals surface area contributed by atoms with Crippen LogP contribution in [0.15, 0.2) is 23.1 Å². The van der Waals surface area contributed by atoms with Crippen molar-refractivity contribution in [3.05, 3.63) is 18.2 Å². The first kappa shape index (κ1) is 16.8. The summed E-state index contributed by atoms with van der Waals surface area (Å²) in [7, 11) is -3.49. The second-order valence-electron chi connectivity index (χ2n) is 5.50. The number of rotatable bonds is 4. The number of piperidine rings is 1. The van der Waals surface area contributed by atoms with E-state index in [-0.39, 0.29) is 11.3 Å². The number of thiazole rings is 1. The number of hydrogen-bond donors (Lipinski definition) is 1. The van der Waals surface area contributed by atoms with Crippen molar-refractivity contribution in [2.75, 3.05) is 18.4 Å². The molecule has 0 aliphatic carbocycles. The molecule has 9 heteroatoms. The minimum atomic E-state index is -3.49. The molecule has 1 aliphatic heterocycles. The number of nitriles is 1. The third kappa shape index (κ3) is 3.40. The molecule has 1 amide bonds. The molecule has 1 aliphatic rings. The molecule has 1 N–H and O–H groups in total. The lowest BCUT2D eigenvalue weighted by molar-refractivity contribution is -0.115. The summed E-state index contributed by atoms with van der Waals surface area (Å²) >= 11 is 1.19. The molecular formula is C15H16N4O3S2. The van der Waals surface area contributed by atoms with Crippen molar-refractivity contribution in [2.24, 2.45) is 0 Å². The zero-order valence-electron chi connectivity index (χ0n) is 12.9. The van der Waals surface area contributed by atoms with Gasteiger partial charge >= 0.3 is 0 Å². The van der Waals surface area contributed by atoms with Crippen LogP contribution in [-0.4, -0.2) is 36.7 Å². The molecule has 2 heterocycles. The lowest BCUT2D eigenvalue weighted by atomic mass is 10.2. The van der Waals surface area contributed by atoms with E-state index in [2.05, 4.69) is 10.3 Å². The number of sulfonamides is 1. The summed E-state index contributed by atoms with van der Waals surface area (Å²) in [5.74, 6) is -0.433. The Bertz CT molecular complexity index is 908. The molecule has 0 unspecified atom stereocenters. The summed E-state index contributed by atoms with van der Waals surface area (Å²) in [6.07, 6.45) is 2.59. The van der Waals surface area contributed by atoms with Crippen molar-refractivity contribution in [1.29, 1.82) is 5.26 Å². The van der Waals surface area contributed by atoms with E-state index in [0.29, 0.717) is 28.4 Å². The fourth-order valence-corrected chi connectivity index (χ4v) is 5.15. The first-order valence-electron chi connectivity index (χ1n) is 7.58. The van der Waals surface area contributed by atoms with Crippen LogP contribution < -0.4 is 5.32 Å². The van der Waals surface area contributed by atoms with Gasteiger partial charge in [0.1, 0.15) is 6.42 Å². The van der Waals surface area contributed by atoms with Crippen molar-refractivity contribution in [2.45, 2.75) is 30.6 Å². The number of fused-ring (bicyclic) bond motifs is 1. The largest absolute Gasteiger partial charge is 0.301 e. The Morgan fingerprint density at radius 1 is 1.33 bits per heavy atom. The van der Waals surface area contributed by atoms with Crippen LogP contribution in [0, 0.1) is 11.3 Å². The molecule has 7 nitrogen and oxygen atoms in total. The first-order chi connectivity index (χ1) is 11.5. The maximum atomic E-state index is 12.7. The van der Waals surface area contributed by atoms with Gasteiger partial charge in [0.25, 0.3) is 0 Å². The third-order valence-corrected chi connectivity index (χ3v) is 6.63. The average Bonchev–Trinajstić information content (AvgIpc) is 2.97. The number of amides is 1. The molecule has 1 saturated heterocycles. The summed E-state index contributed by atoms with van der Waals surface area (Å²) in [6, 6.07) is 6.55. The second kappa shape index (κ2) is 6.84. The predicted octanol–water partition coefficient (Wildman–Crippen LogP) is 2.32. The highest BCUT2D eigenvalue weighted by Gasteiger charge is 2.26. The monoisotopic (exact) mass is 364 g/mol. The van der Waals surface area contributed by atoms with Gasteiger partial charge in [-0.3, -0.25) is 4.79 Å². The summed E-state index contributed by atoms with van der Waals surface area (Å²) in [5, 5.41) is 11.4. The molecule has 0 radical (unpaired) electrons. The van der Waals surface area contributed by atoms with E-state index in [1.54, 1.807) is 24.3 Å². The van der Waals surface area contributed by atoms with E-state index in [1.807, 2.05) is 0 Å². The van der Waals surface area contributed by atoms with E-state index in [4.69, 9.17) is 5.26 Å². The molecule has 0 saturated carbocycles. The topological polar surface area (TPSA) is 103 Å². The van der Waals surface area contributed by atoms with Crippen LogP contribution in [0.2, 0.25) is 0 Å². The fourth-order valence-electron chi connectivity index (χ4n) is 2.61. The molecule has 1 fully saturated rings. The van der Waals surface area contributed by atoms with Gasteiger partial charge in [-0.25, -0.2) is 13.4 Å². The number of nitrogens with zero attached hydrogens (tertiary/aromatic N) is 3. The quantitative estimate of drug-likeness (QED) is 0.897. The Morgan fingerprint density at radius 2 is 2.08 bits per heavy atom. The second-order valence-corrected chi connectivity index (χ2v) is 8.46. The van der Waals surface area contributed by atoms with Crippen molar-refractivity contribution in [3.8, 4) is 6.07 Å².